The van der Waals surface area contributed by atoms with E-state index in [1.807, 2.05) is 0 Å². The van der Waals surface area contributed by atoms with Crippen molar-refractivity contribution in [3.8, 4) is 0 Å². The van der Waals surface area contributed by atoms with Gasteiger partial charge in [-0.25, -0.2) is 0 Å². The maximum atomic E-state index is 12.9. The van der Waals surface area contributed by atoms with Gasteiger partial charge in [0.05, 0.1) is 0 Å². The normalized spacial score (nSPS) is 19.3. The van der Waals surface area contributed by atoms with Crippen LogP contribution in [0.4, 0.5) is 5.69 Å². The lowest BCUT2D eigenvalue weighted by Crippen LogP contribution is -2.49. The number of amides is 1. The Morgan fingerprint density at radius 3 is 2.59 bits per heavy atom. The summed E-state index contributed by atoms with van der Waals surface area (Å²) >= 11 is 0. The average Bonchev–Trinajstić information content (AvgIpc) is 2.71. The summed E-state index contributed by atoms with van der Waals surface area (Å²) in [6.45, 7) is 12.4. The lowest BCUT2D eigenvalue weighted by atomic mass is 10.0. The van der Waals surface area contributed by atoms with Gasteiger partial charge in [0.25, 0.3) is 0 Å². The molecule has 1 amide bonds. The molecule has 1 aromatic carbocycles. The quantitative estimate of drug-likeness (QED) is 0.798. The molecule has 0 bridgehead atoms. The second kappa shape index (κ2) is 10.1. The first-order valence-electron chi connectivity index (χ1n) is 10.7. The number of carbonyl (C=O) groups is 1. The number of carbonyl (C=O) groups excluding carboxylic acids is 1. The third kappa shape index (κ3) is 5.69. The second-order valence-electron chi connectivity index (χ2n) is 7.99. The second-order valence-corrected chi connectivity index (χ2v) is 7.99. The van der Waals surface area contributed by atoms with Gasteiger partial charge in [0.15, 0.2) is 0 Å². The van der Waals surface area contributed by atoms with Gasteiger partial charge in [-0.15, -0.1) is 0 Å². The maximum absolute atomic E-state index is 12.9. The predicted octanol–water partition coefficient (Wildman–Crippen LogP) is 2.50. The van der Waals surface area contributed by atoms with Crippen molar-refractivity contribution in [2.45, 2.75) is 45.6 Å². The highest BCUT2D eigenvalue weighted by molar-refractivity contribution is 5.76. The van der Waals surface area contributed by atoms with Crippen molar-refractivity contribution >= 4 is 11.6 Å². The number of anilines is 1. The molecule has 150 valence electrons. The van der Waals surface area contributed by atoms with Crippen LogP contribution in [0.15, 0.2) is 24.3 Å². The topological polar surface area (TPSA) is 38.8 Å². The molecular weight excluding hydrogens is 336 g/mol. The molecule has 0 saturated carbocycles. The number of hydrogen-bond donors (Lipinski definition) is 1. The van der Waals surface area contributed by atoms with Crippen molar-refractivity contribution in [1.82, 2.24) is 15.1 Å². The number of rotatable bonds is 7. The number of piperidine rings is 1. The van der Waals surface area contributed by atoms with Gasteiger partial charge in [-0.1, -0.05) is 19.1 Å². The summed E-state index contributed by atoms with van der Waals surface area (Å²) in [5.41, 5.74) is 2.64. The molecule has 0 atom stereocenters. The van der Waals surface area contributed by atoms with Crippen LogP contribution in [-0.2, 0) is 4.79 Å². The Hall–Kier alpha value is -1.59. The van der Waals surface area contributed by atoms with Crippen molar-refractivity contribution < 1.29 is 4.79 Å². The van der Waals surface area contributed by atoms with E-state index in [0.29, 0.717) is 18.4 Å². The first-order valence-corrected chi connectivity index (χ1v) is 10.7. The predicted molar refractivity (Wildman–Crippen MR) is 112 cm³/mol. The maximum Gasteiger partial charge on any atom is 0.224 e. The van der Waals surface area contributed by atoms with Crippen LogP contribution in [0.5, 0.6) is 0 Å². The Kier molecular flexibility index (Phi) is 7.53. The lowest BCUT2D eigenvalue weighted by molar-refractivity contribution is -0.134. The molecule has 0 aliphatic carbocycles. The Bertz CT molecular complexity index is 592. The van der Waals surface area contributed by atoms with Crippen LogP contribution in [0.1, 0.15) is 38.2 Å². The molecule has 5 nitrogen and oxygen atoms in total. The fourth-order valence-corrected chi connectivity index (χ4v) is 4.32. The molecule has 2 heterocycles. The third-order valence-corrected chi connectivity index (χ3v) is 5.92. The zero-order valence-electron chi connectivity index (χ0n) is 17.1. The Morgan fingerprint density at radius 2 is 1.93 bits per heavy atom. The average molecular weight is 373 g/mol. The Balaban J connectivity index is 1.45. The minimum Gasteiger partial charge on any atom is -0.369 e. The van der Waals surface area contributed by atoms with E-state index in [2.05, 4.69) is 58.1 Å². The molecule has 2 aliphatic heterocycles. The number of hydrogen-bond acceptors (Lipinski definition) is 4. The molecule has 0 aromatic heterocycles. The zero-order chi connectivity index (χ0) is 19.1. The third-order valence-electron chi connectivity index (χ3n) is 5.92. The van der Waals surface area contributed by atoms with Crippen LogP contribution in [0, 0.1) is 6.92 Å². The summed E-state index contributed by atoms with van der Waals surface area (Å²) in [5.74, 6) is 0.352. The minimum absolute atomic E-state index is 0.352. The van der Waals surface area contributed by atoms with Crippen LogP contribution < -0.4 is 10.2 Å². The molecule has 0 radical (unpaired) electrons. The monoisotopic (exact) mass is 372 g/mol. The molecule has 1 aromatic rings. The number of benzene rings is 1. The minimum atomic E-state index is 0.352. The van der Waals surface area contributed by atoms with Crippen LogP contribution in [0.2, 0.25) is 0 Å². The first-order chi connectivity index (χ1) is 13.2. The molecule has 3 rings (SSSR count). The smallest absolute Gasteiger partial charge is 0.224 e. The van der Waals surface area contributed by atoms with Gasteiger partial charge in [-0.05, 0) is 57.0 Å². The highest BCUT2D eigenvalue weighted by Gasteiger charge is 2.25. The van der Waals surface area contributed by atoms with E-state index < -0.39 is 0 Å². The standard InChI is InChI=1S/C22H36N4O/c1-3-12-26(20-7-10-23-11-8-20)22(27)9-13-24-14-16-25(17-15-24)21-6-4-5-19(2)18-21/h4-6,18,20,23H,3,7-17H2,1-2H3. The SMILES string of the molecule is CCCN(C(=O)CCN1CCN(c2cccc(C)c2)CC1)C1CCNCC1. The number of nitrogens with zero attached hydrogens (tertiary/aromatic N) is 3. The van der Waals surface area contributed by atoms with Crippen molar-refractivity contribution in [1.29, 1.82) is 0 Å². The molecule has 0 spiro atoms. The molecule has 2 saturated heterocycles. The van der Waals surface area contributed by atoms with E-state index in [0.717, 1.165) is 71.6 Å². The van der Waals surface area contributed by atoms with E-state index in [4.69, 9.17) is 0 Å². The summed E-state index contributed by atoms with van der Waals surface area (Å²) < 4.78 is 0. The molecule has 5 heteroatoms. The van der Waals surface area contributed by atoms with Gasteiger partial charge in [-0.3, -0.25) is 9.69 Å². The van der Waals surface area contributed by atoms with Gasteiger partial charge < -0.3 is 15.1 Å². The molecule has 27 heavy (non-hydrogen) atoms. The molecule has 1 N–H and O–H groups in total. The van der Waals surface area contributed by atoms with Crippen molar-refractivity contribution in [3.63, 3.8) is 0 Å². The number of piperazine rings is 1. The summed E-state index contributed by atoms with van der Waals surface area (Å²) in [6, 6.07) is 9.19. The Morgan fingerprint density at radius 1 is 1.19 bits per heavy atom. The lowest BCUT2D eigenvalue weighted by Gasteiger charge is -2.37. The van der Waals surface area contributed by atoms with Crippen molar-refractivity contribution in [2.75, 3.05) is 57.3 Å². The zero-order valence-corrected chi connectivity index (χ0v) is 17.1. The van der Waals surface area contributed by atoms with Crippen molar-refractivity contribution in [3.05, 3.63) is 29.8 Å². The van der Waals surface area contributed by atoms with Gasteiger partial charge in [-0.2, -0.15) is 0 Å². The molecular formula is C22H36N4O. The van der Waals surface area contributed by atoms with Crippen LogP contribution >= 0.6 is 0 Å². The highest BCUT2D eigenvalue weighted by Crippen LogP contribution is 2.18. The van der Waals surface area contributed by atoms with E-state index in [1.165, 1.54) is 11.3 Å². The fourth-order valence-electron chi connectivity index (χ4n) is 4.32. The van der Waals surface area contributed by atoms with E-state index in [1.54, 1.807) is 0 Å². The first kappa shape index (κ1) is 20.2. The fraction of sp³-hybridized carbons (Fsp3) is 0.682. The molecule has 0 unspecified atom stereocenters. The summed E-state index contributed by atoms with van der Waals surface area (Å²) in [6.07, 6.45) is 3.90. The largest absolute Gasteiger partial charge is 0.369 e. The number of aryl methyl sites for hydroxylation is 1. The van der Waals surface area contributed by atoms with Crippen LogP contribution in [0.25, 0.3) is 0 Å². The van der Waals surface area contributed by atoms with E-state index in [9.17, 15) is 4.79 Å². The molecule has 2 aliphatic rings. The number of nitrogens with one attached hydrogen (secondary N) is 1. The summed E-state index contributed by atoms with van der Waals surface area (Å²) in [4.78, 5) is 20.0. The van der Waals surface area contributed by atoms with Crippen LogP contribution in [-0.4, -0.2) is 74.1 Å². The van der Waals surface area contributed by atoms with Crippen LogP contribution in [0.3, 0.4) is 0 Å². The van der Waals surface area contributed by atoms with E-state index in [-0.39, 0.29) is 0 Å². The summed E-state index contributed by atoms with van der Waals surface area (Å²) in [7, 11) is 0. The van der Waals surface area contributed by atoms with Gasteiger partial charge in [0, 0.05) is 57.4 Å². The van der Waals surface area contributed by atoms with Crippen molar-refractivity contribution in [2.24, 2.45) is 0 Å². The van der Waals surface area contributed by atoms with Gasteiger partial charge >= 0.3 is 0 Å². The summed E-state index contributed by atoms with van der Waals surface area (Å²) in [5, 5.41) is 3.40. The highest BCUT2D eigenvalue weighted by atomic mass is 16.2. The van der Waals surface area contributed by atoms with E-state index >= 15 is 0 Å². The Labute approximate surface area is 164 Å². The molecule has 2 fully saturated rings. The van der Waals surface area contributed by atoms with Gasteiger partial charge in [0.1, 0.15) is 0 Å². The van der Waals surface area contributed by atoms with Gasteiger partial charge in [0.2, 0.25) is 5.91 Å².